The first-order valence-corrected chi connectivity index (χ1v) is 10.6. The lowest BCUT2D eigenvalue weighted by Crippen LogP contribution is -2.32. The summed E-state index contributed by atoms with van der Waals surface area (Å²) >= 11 is 5.95. The molecule has 1 N–H and O–H groups in total. The number of ketones is 1. The van der Waals surface area contributed by atoms with E-state index >= 15 is 0 Å². The molecule has 6 nitrogen and oxygen atoms in total. The largest absolute Gasteiger partial charge is 0.507 e. The minimum atomic E-state index is -0.749. The highest BCUT2D eigenvalue weighted by Crippen LogP contribution is 2.40. The number of carbonyl (C=O) groups excluding carboxylic acids is 2. The fraction of sp³-hybridized carbons (Fsp3) is 0.333. The van der Waals surface area contributed by atoms with Crippen LogP contribution < -0.4 is 4.74 Å². The fourth-order valence-corrected chi connectivity index (χ4v) is 3.64. The van der Waals surface area contributed by atoms with Crippen molar-refractivity contribution in [3.8, 4) is 5.75 Å². The number of aliphatic hydroxyl groups is 1. The zero-order valence-electron chi connectivity index (χ0n) is 17.6. The van der Waals surface area contributed by atoms with Crippen molar-refractivity contribution in [1.29, 1.82) is 0 Å². The molecule has 1 atom stereocenters. The molecule has 2 aromatic rings. The van der Waals surface area contributed by atoms with Crippen LogP contribution in [0, 0.1) is 0 Å². The van der Waals surface area contributed by atoms with E-state index in [4.69, 9.17) is 21.1 Å². The van der Waals surface area contributed by atoms with Gasteiger partial charge in [-0.1, -0.05) is 37.1 Å². The average Bonchev–Trinajstić information content (AvgIpc) is 3.03. The van der Waals surface area contributed by atoms with E-state index in [2.05, 4.69) is 6.92 Å². The van der Waals surface area contributed by atoms with Gasteiger partial charge in [-0.2, -0.15) is 0 Å². The van der Waals surface area contributed by atoms with E-state index in [0.29, 0.717) is 28.5 Å². The molecule has 164 valence electrons. The van der Waals surface area contributed by atoms with Crippen molar-refractivity contribution < 1.29 is 24.2 Å². The highest BCUT2D eigenvalue weighted by atomic mass is 35.5. The molecular formula is C24H26ClNO5. The maximum Gasteiger partial charge on any atom is 0.295 e. The Bertz CT molecular complexity index is 970. The highest BCUT2D eigenvalue weighted by molar-refractivity contribution is 6.46. The topological polar surface area (TPSA) is 76.1 Å². The van der Waals surface area contributed by atoms with E-state index in [0.717, 1.165) is 12.8 Å². The smallest absolute Gasteiger partial charge is 0.295 e. The molecule has 0 bridgehead atoms. The number of unbranched alkanes of at least 4 members (excludes halogenated alkanes) is 1. The molecule has 1 heterocycles. The van der Waals surface area contributed by atoms with Gasteiger partial charge in [0.1, 0.15) is 11.5 Å². The predicted molar refractivity (Wildman–Crippen MR) is 119 cm³/mol. The van der Waals surface area contributed by atoms with Crippen molar-refractivity contribution >= 4 is 29.1 Å². The Balaban J connectivity index is 2.07. The zero-order chi connectivity index (χ0) is 22.4. The molecule has 31 heavy (non-hydrogen) atoms. The second-order valence-electron chi connectivity index (χ2n) is 7.27. The minimum Gasteiger partial charge on any atom is -0.507 e. The first-order valence-electron chi connectivity index (χ1n) is 10.2. The third-order valence-electron chi connectivity index (χ3n) is 5.13. The van der Waals surface area contributed by atoms with E-state index in [1.54, 1.807) is 30.3 Å². The summed E-state index contributed by atoms with van der Waals surface area (Å²) in [4.78, 5) is 27.2. The number of halogens is 1. The number of hydrogen-bond donors (Lipinski definition) is 1. The summed E-state index contributed by atoms with van der Waals surface area (Å²) < 4.78 is 10.9. The van der Waals surface area contributed by atoms with E-state index in [1.807, 2.05) is 18.2 Å². The maximum absolute atomic E-state index is 12.9. The average molecular weight is 444 g/mol. The molecule has 1 saturated heterocycles. The number of aliphatic hydroxyl groups excluding tert-OH is 1. The van der Waals surface area contributed by atoms with Crippen LogP contribution in [-0.2, 0) is 14.3 Å². The zero-order valence-corrected chi connectivity index (χ0v) is 18.4. The minimum absolute atomic E-state index is 0.0362. The molecule has 0 aromatic heterocycles. The van der Waals surface area contributed by atoms with Gasteiger partial charge >= 0.3 is 0 Å². The van der Waals surface area contributed by atoms with Crippen LogP contribution in [0.1, 0.15) is 36.9 Å². The summed E-state index contributed by atoms with van der Waals surface area (Å²) in [5, 5.41) is 11.5. The monoisotopic (exact) mass is 443 g/mol. The summed E-state index contributed by atoms with van der Waals surface area (Å²) in [7, 11) is 1.53. The van der Waals surface area contributed by atoms with E-state index in [9.17, 15) is 14.7 Å². The third-order valence-corrected chi connectivity index (χ3v) is 5.39. The van der Waals surface area contributed by atoms with Gasteiger partial charge in [0.05, 0.1) is 24.8 Å². The number of rotatable bonds is 9. The van der Waals surface area contributed by atoms with Gasteiger partial charge < -0.3 is 19.5 Å². The Morgan fingerprint density at radius 2 is 1.87 bits per heavy atom. The van der Waals surface area contributed by atoms with Gasteiger partial charge in [0.15, 0.2) is 0 Å². The van der Waals surface area contributed by atoms with Crippen LogP contribution in [0.3, 0.4) is 0 Å². The molecule has 1 aliphatic heterocycles. The van der Waals surface area contributed by atoms with Gasteiger partial charge in [0.2, 0.25) is 0 Å². The Labute approximate surface area is 187 Å². The van der Waals surface area contributed by atoms with Gasteiger partial charge in [-0.15, -0.1) is 0 Å². The number of Topliss-reactive ketones (excluding diaryl/α,β-unsaturated/α-hetero) is 1. The summed E-state index contributed by atoms with van der Waals surface area (Å²) in [5.74, 6) is -0.993. The Morgan fingerprint density at radius 1 is 1.13 bits per heavy atom. The van der Waals surface area contributed by atoms with Crippen LogP contribution in [0.2, 0.25) is 5.02 Å². The van der Waals surface area contributed by atoms with Crippen molar-refractivity contribution in [2.24, 2.45) is 0 Å². The summed E-state index contributed by atoms with van der Waals surface area (Å²) in [6, 6.07) is 13.0. The number of likely N-dealkylation sites (tertiary alicyclic amines) is 1. The molecule has 2 aromatic carbocycles. The molecule has 1 aliphatic rings. The third kappa shape index (κ3) is 5.09. The standard InChI is InChI=1S/C24H26ClNO5/c1-3-4-13-31-19-7-5-6-17(15-19)21-20(22(27)16-8-10-18(25)11-9-16)23(28)24(29)26(21)12-14-30-2/h5-11,15,21,27H,3-4,12-14H2,1-2H3/b22-20+. The van der Waals surface area contributed by atoms with E-state index in [1.165, 1.54) is 12.0 Å². The van der Waals surface area contributed by atoms with Crippen molar-refractivity contribution in [2.75, 3.05) is 26.9 Å². The number of carbonyl (C=O) groups is 2. The number of nitrogens with zero attached hydrogens (tertiary/aromatic N) is 1. The fourth-order valence-electron chi connectivity index (χ4n) is 3.52. The van der Waals surface area contributed by atoms with E-state index in [-0.39, 0.29) is 24.5 Å². The van der Waals surface area contributed by atoms with Crippen LogP contribution >= 0.6 is 11.6 Å². The molecule has 1 amide bonds. The number of ether oxygens (including phenoxy) is 2. The lowest BCUT2D eigenvalue weighted by molar-refractivity contribution is -0.140. The van der Waals surface area contributed by atoms with Crippen LogP contribution in [-0.4, -0.2) is 48.6 Å². The molecule has 7 heteroatoms. The Hall–Kier alpha value is -2.83. The lowest BCUT2D eigenvalue weighted by atomic mass is 9.95. The SMILES string of the molecule is CCCCOc1cccc(C2/C(=C(\O)c3ccc(Cl)cc3)C(=O)C(=O)N2CCOC)c1. The van der Waals surface area contributed by atoms with Crippen LogP contribution in [0.25, 0.3) is 5.76 Å². The molecule has 0 radical (unpaired) electrons. The van der Waals surface area contributed by atoms with Gasteiger partial charge in [-0.05, 0) is 48.4 Å². The van der Waals surface area contributed by atoms with Crippen LogP contribution in [0.5, 0.6) is 5.75 Å². The summed E-state index contributed by atoms with van der Waals surface area (Å²) in [5.41, 5.74) is 1.13. The molecule has 1 fully saturated rings. The van der Waals surface area contributed by atoms with Crippen molar-refractivity contribution in [3.05, 3.63) is 70.3 Å². The quantitative estimate of drug-likeness (QED) is 0.265. The van der Waals surface area contributed by atoms with Gasteiger partial charge in [0.25, 0.3) is 11.7 Å². The number of benzene rings is 2. The Morgan fingerprint density at radius 3 is 2.55 bits per heavy atom. The van der Waals surface area contributed by atoms with Crippen LogP contribution in [0.4, 0.5) is 0 Å². The molecule has 0 spiro atoms. The predicted octanol–water partition coefficient (Wildman–Crippen LogP) is 4.59. The summed E-state index contributed by atoms with van der Waals surface area (Å²) in [6.07, 6.45) is 1.94. The lowest BCUT2D eigenvalue weighted by Gasteiger charge is -2.25. The number of methoxy groups -OCH3 is 1. The van der Waals surface area contributed by atoms with Crippen molar-refractivity contribution in [2.45, 2.75) is 25.8 Å². The molecule has 0 saturated carbocycles. The molecular weight excluding hydrogens is 418 g/mol. The molecule has 1 unspecified atom stereocenters. The second-order valence-corrected chi connectivity index (χ2v) is 7.70. The van der Waals surface area contributed by atoms with Crippen molar-refractivity contribution in [3.63, 3.8) is 0 Å². The summed E-state index contributed by atoms with van der Waals surface area (Å²) in [6.45, 7) is 3.13. The first kappa shape index (κ1) is 22.8. The normalized spacial score (nSPS) is 17.9. The number of amides is 1. The Kier molecular flexibility index (Phi) is 7.71. The molecule has 0 aliphatic carbocycles. The maximum atomic E-state index is 12.9. The van der Waals surface area contributed by atoms with E-state index < -0.39 is 17.7 Å². The first-order chi connectivity index (χ1) is 15.0. The highest BCUT2D eigenvalue weighted by Gasteiger charge is 2.45. The molecule has 3 rings (SSSR count). The van der Waals surface area contributed by atoms with Gasteiger partial charge in [-0.3, -0.25) is 9.59 Å². The number of hydrogen-bond acceptors (Lipinski definition) is 5. The second kappa shape index (κ2) is 10.5. The van der Waals surface area contributed by atoms with Gasteiger partial charge in [0, 0.05) is 24.2 Å². The van der Waals surface area contributed by atoms with Gasteiger partial charge in [-0.25, -0.2) is 0 Å². The van der Waals surface area contributed by atoms with Crippen LogP contribution in [0.15, 0.2) is 54.1 Å². The van der Waals surface area contributed by atoms with Crippen molar-refractivity contribution in [1.82, 2.24) is 4.90 Å².